The zero-order valence-electron chi connectivity index (χ0n) is 12.4. The molecule has 0 fully saturated rings. The second kappa shape index (κ2) is 6.95. The van der Waals surface area contributed by atoms with Crippen LogP contribution in [-0.4, -0.2) is 29.3 Å². The van der Waals surface area contributed by atoms with Crippen molar-refractivity contribution in [2.45, 2.75) is 26.5 Å². The van der Waals surface area contributed by atoms with Gasteiger partial charge in [0.05, 0.1) is 0 Å². The average molecular weight is 318 g/mol. The molecule has 2 heterocycles. The highest BCUT2D eigenvalue weighted by molar-refractivity contribution is 7.15. The molecular formula is C15H18N4O2S. The van der Waals surface area contributed by atoms with Gasteiger partial charge in [-0.15, -0.1) is 10.2 Å². The van der Waals surface area contributed by atoms with Crippen molar-refractivity contribution in [2.24, 2.45) is 0 Å². The van der Waals surface area contributed by atoms with E-state index < -0.39 is 0 Å². The van der Waals surface area contributed by atoms with Crippen LogP contribution < -0.4 is 10.6 Å². The van der Waals surface area contributed by atoms with Gasteiger partial charge in [-0.1, -0.05) is 17.4 Å². The van der Waals surface area contributed by atoms with E-state index in [0.29, 0.717) is 23.9 Å². The minimum absolute atomic E-state index is 0.152. The van der Waals surface area contributed by atoms with Crippen molar-refractivity contribution in [1.82, 2.24) is 15.5 Å². The molecule has 0 saturated carbocycles. The lowest BCUT2D eigenvalue weighted by atomic mass is 9.98. The Kier molecular flexibility index (Phi) is 4.77. The van der Waals surface area contributed by atoms with Gasteiger partial charge in [0.25, 0.3) is 5.91 Å². The van der Waals surface area contributed by atoms with Crippen LogP contribution in [-0.2, 0) is 24.3 Å². The number of nitrogens with zero attached hydrogens (tertiary/aromatic N) is 2. The third-order valence-electron chi connectivity index (χ3n) is 3.47. The van der Waals surface area contributed by atoms with Crippen LogP contribution in [0.15, 0.2) is 18.2 Å². The first kappa shape index (κ1) is 15.1. The molecule has 7 heteroatoms. The van der Waals surface area contributed by atoms with Crippen LogP contribution in [0.5, 0.6) is 0 Å². The topological polar surface area (TPSA) is 76.1 Å². The summed E-state index contributed by atoms with van der Waals surface area (Å²) in [6.07, 6.45) is 0.952. The van der Waals surface area contributed by atoms with Crippen LogP contribution in [0.3, 0.4) is 0 Å². The van der Waals surface area contributed by atoms with Gasteiger partial charge >= 0.3 is 0 Å². The second-order valence-corrected chi connectivity index (χ2v) is 6.06. The first-order chi connectivity index (χ1) is 10.8. The van der Waals surface area contributed by atoms with Gasteiger partial charge in [-0.2, -0.15) is 0 Å². The molecule has 0 unspecified atom stereocenters. The fourth-order valence-corrected chi connectivity index (χ4v) is 3.01. The number of fused-ring (bicyclic) bond motifs is 1. The Hall–Kier alpha value is -1.83. The van der Waals surface area contributed by atoms with Gasteiger partial charge in [-0.25, -0.2) is 0 Å². The van der Waals surface area contributed by atoms with Crippen LogP contribution in [0.4, 0.5) is 5.13 Å². The van der Waals surface area contributed by atoms with E-state index in [4.69, 9.17) is 4.74 Å². The average Bonchev–Trinajstić information content (AvgIpc) is 2.99. The molecule has 2 aromatic rings. The highest BCUT2D eigenvalue weighted by Gasteiger charge is 2.14. The first-order valence-electron chi connectivity index (χ1n) is 7.30. The molecule has 116 valence electrons. The zero-order chi connectivity index (χ0) is 15.4. The summed E-state index contributed by atoms with van der Waals surface area (Å²) >= 11 is 1.34. The van der Waals surface area contributed by atoms with Crippen molar-refractivity contribution in [2.75, 3.05) is 18.5 Å². The Morgan fingerprint density at radius 3 is 3.18 bits per heavy atom. The minimum atomic E-state index is -0.152. The Bertz CT molecular complexity index is 671. The molecule has 0 saturated heterocycles. The number of anilines is 1. The van der Waals surface area contributed by atoms with Gasteiger partial charge in [-0.05, 0) is 43.1 Å². The number of carbonyl (C=O) groups is 1. The molecule has 1 aliphatic rings. The number of carbonyl (C=O) groups excluding carboxylic acids is 1. The Balaban J connectivity index is 1.67. The number of hydrogen-bond donors (Lipinski definition) is 2. The Morgan fingerprint density at radius 1 is 1.41 bits per heavy atom. The number of rotatable bonds is 5. The number of amides is 1. The van der Waals surface area contributed by atoms with Crippen LogP contribution in [0.25, 0.3) is 0 Å². The second-order valence-electron chi connectivity index (χ2n) is 5.00. The van der Waals surface area contributed by atoms with E-state index in [2.05, 4.69) is 20.8 Å². The summed E-state index contributed by atoms with van der Waals surface area (Å²) in [5, 5.41) is 15.3. The number of benzene rings is 1. The molecule has 1 aromatic carbocycles. The van der Waals surface area contributed by atoms with E-state index in [0.717, 1.165) is 24.5 Å². The molecular weight excluding hydrogens is 300 g/mol. The van der Waals surface area contributed by atoms with Crippen molar-refractivity contribution >= 4 is 22.4 Å². The number of nitrogens with one attached hydrogen (secondary N) is 2. The summed E-state index contributed by atoms with van der Waals surface area (Å²) in [5.41, 5.74) is 3.15. The van der Waals surface area contributed by atoms with Gasteiger partial charge in [0, 0.05) is 18.7 Å². The molecule has 6 nitrogen and oxygen atoms in total. The normalized spacial score (nSPS) is 13.7. The van der Waals surface area contributed by atoms with E-state index in [9.17, 15) is 4.79 Å². The summed E-state index contributed by atoms with van der Waals surface area (Å²) in [5.74, 6) is -0.152. The predicted octanol–water partition coefficient (Wildman–Crippen LogP) is 1.97. The first-order valence-corrected chi connectivity index (χ1v) is 8.12. The van der Waals surface area contributed by atoms with Crippen molar-refractivity contribution in [3.63, 3.8) is 0 Å². The fourth-order valence-electron chi connectivity index (χ4n) is 2.34. The quantitative estimate of drug-likeness (QED) is 0.881. The van der Waals surface area contributed by atoms with Crippen LogP contribution in [0.1, 0.15) is 33.4 Å². The van der Waals surface area contributed by atoms with Gasteiger partial charge in [-0.3, -0.25) is 10.1 Å². The van der Waals surface area contributed by atoms with E-state index >= 15 is 0 Å². The third-order valence-corrected chi connectivity index (χ3v) is 4.28. The maximum absolute atomic E-state index is 12.3. The highest BCUT2D eigenvalue weighted by atomic mass is 32.1. The molecule has 0 radical (unpaired) electrons. The number of hydrogen-bond acceptors (Lipinski definition) is 6. The van der Waals surface area contributed by atoms with Crippen molar-refractivity contribution in [1.29, 1.82) is 0 Å². The standard InChI is InChI=1S/C15H18N4O2S/c1-2-21-9-13-18-19-15(22-13)17-14(20)11-3-4-12-8-16-6-5-10(12)7-11/h3-4,7,16H,2,5-6,8-9H2,1H3,(H,17,19,20). The molecule has 0 atom stereocenters. The number of ether oxygens (including phenoxy) is 1. The zero-order valence-corrected chi connectivity index (χ0v) is 13.2. The van der Waals surface area contributed by atoms with E-state index in [-0.39, 0.29) is 5.91 Å². The molecule has 0 aliphatic carbocycles. The third kappa shape index (κ3) is 3.49. The lowest BCUT2D eigenvalue weighted by Crippen LogP contribution is -2.24. The number of aromatic nitrogens is 2. The summed E-state index contributed by atoms with van der Waals surface area (Å²) in [7, 11) is 0. The lowest BCUT2D eigenvalue weighted by Gasteiger charge is -2.17. The molecule has 1 aromatic heterocycles. The van der Waals surface area contributed by atoms with Gasteiger partial charge in [0.1, 0.15) is 11.6 Å². The molecule has 2 N–H and O–H groups in total. The molecule has 22 heavy (non-hydrogen) atoms. The smallest absolute Gasteiger partial charge is 0.257 e. The van der Waals surface area contributed by atoms with Crippen LogP contribution in [0.2, 0.25) is 0 Å². The summed E-state index contributed by atoms with van der Waals surface area (Å²) in [6, 6.07) is 5.83. The SMILES string of the molecule is CCOCc1nnc(NC(=O)c2ccc3c(c2)CCNC3)s1. The van der Waals surface area contributed by atoms with Crippen LogP contribution in [0, 0.1) is 0 Å². The Morgan fingerprint density at radius 2 is 2.32 bits per heavy atom. The van der Waals surface area contributed by atoms with Crippen molar-refractivity contribution < 1.29 is 9.53 Å². The summed E-state index contributed by atoms with van der Waals surface area (Å²) < 4.78 is 5.27. The molecule has 1 amide bonds. The van der Waals surface area contributed by atoms with Gasteiger partial charge in [0.15, 0.2) is 0 Å². The van der Waals surface area contributed by atoms with E-state index in [1.54, 1.807) is 0 Å². The van der Waals surface area contributed by atoms with Crippen molar-refractivity contribution in [3.05, 3.63) is 39.9 Å². The maximum atomic E-state index is 12.3. The van der Waals surface area contributed by atoms with Crippen molar-refractivity contribution in [3.8, 4) is 0 Å². The molecule has 1 aliphatic heterocycles. The van der Waals surface area contributed by atoms with Gasteiger partial charge in [0.2, 0.25) is 5.13 Å². The molecule has 0 spiro atoms. The highest BCUT2D eigenvalue weighted by Crippen LogP contribution is 2.19. The lowest BCUT2D eigenvalue weighted by molar-refractivity contribution is 0.102. The fraction of sp³-hybridized carbons (Fsp3) is 0.400. The van der Waals surface area contributed by atoms with E-state index in [1.165, 1.54) is 22.5 Å². The minimum Gasteiger partial charge on any atom is -0.374 e. The monoisotopic (exact) mass is 318 g/mol. The van der Waals surface area contributed by atoms with Crippen LogP contribution >= 0.6 is 11.3 Å². The summed E-state index contributed by atoms with van der Waals surface area (Å²) in [4.78, 5) is 12.3. The van der Waals surface area contributed by atoms with Gasteiger partial charge < -0.3 is 10.1 Å². The predicted molar refractivity (Wildman–Crippen MR) is 85.0 cm³/mol. The summed E-state index contributed by atoms with van der Waals surface area (Å²) in [6.45, 7) is 4.81. The van der Waals surface area contributed by atoms with E-state index in [1.807, 2.05) is 25.1 Å². The molecule has 3 rings (SSSR count). The Labute approximate surface area is 132 Å². The maximum Gasteiger partial charge on any atom is 0.257 e. The molecule has 0 bridgehead atoms. The largest absolute Gasteiger partial charge is 0.374 e.